The second kappa shape index (κ2) is 7.23. The first-order chi connectivity index (χ1) is 13.1. The first-order valence-corrected chi connectivity index (χ1v) is 9.09. The van der Waals surface area contributed by atoms with E-state index in [1.165, 1.54) is 6.07 Å². The lowest BCUT2D eigenvalue weighted by Gasteiger charge is -2.17. The molecule has 0 atom stereocenters. The minimum atomic E-state index is -0.458. The van der Waals surface area contributed by atoms with Crippen molar-refractivity contribution in [1.82, 2.24) is 14.7 Å². The molecule has 0 saturated carbocycles. The van der Waals surface area contributed by atoms with E-state index >= 15 is 0 Å². The Morgan fingerprint density at radius 3 is 2.56 bits per heavy atom. The van der Waals surface area contributed by atoms with Crippen molar-refractivity contribution in [3.63, 3.8) is 0 Å². The molecule has 1 N–H and O–H groups in total. The molecule has 6 heteroatoms. The van der Waals surface area contributed by atoms with Gasteiger partial charge in [-0.25, -0.2) is 9.18 Å². The van der Waals surface area contributed by atoms with Crippen LogP contribution in [-0.4, -0.2) is 20.7 Å². The van der Waals surface area contributed by atoms with Gasteiger partial charge in [0.2, 0.25) is 0 Å². The number of fused-ring (bicyclic) bond motifs is 1. The summed E-state index contributed by atoms with van der Waals surface area (Å²) in [6.45, 7) is 3.99. The largest absolute Gasteiger partial charge is 0.322 e. The second-order valence-electron chi connectivity index (χ2n) is 6.74. The van der Waals surface area contributed by atoms with Crippen LogP contribution < -0.4 is 5.32 Å². The molecule has 4 rings (SSSR count). The normalized spacial score (nSPS) is 12.9. The van der Waals surface area contributed by atoms with Crippen LogP contribution >= 0.6 is 0 Å². The maximum Gasteiger partial charge on any atom is 0.322 e. The van der Waals surface area contributed by atoms with Crippen molar-refractivity contribution in [1.29, 1.82) is 0 Å². The van der Waals surface area contributed by atoms with Crippen LogP contribution in [0.5, 0.6) is 0 Å². The molecule has 2 aromatic carbocycles. The monoisotopic (exact) mass is 364 g/mol. The molecule has 0 aliphatic carbocycles. The van der Waals surface area contributed by atoms with Crippen LogP contribution in [0.15, 0.2) is 54.9 Å². The molecule has 0 spiro atoms. The third-order valence-electron chi connectivity index (χ3n) is 4.76. The fourth-order valence-electron chi connectivity index (χ4n) is 3.33. The van der Waals surface area contributed by atoms with E-state index < -0.39 is 5.82 Å². The summed E-state index contributed by atoms with van der Waals surface area (Å²) in [5.41, 5.74) is 4.04. The number of hydrogen-bond acceptors (Lipinski definition) is 2. The minimum absolute atomic E-state index is 0.181. The molecular weight excluding hydrogens is 343 g/mol. The average Bonchev–Trinajstić information content (AvgIpc) is 3.30. The Bertz CT molecular complexity index is 957. The van der Waals surface area contributed by atoms with Crippen molar-refractivity contribution >= 4 is 11.7 Å². The SMILES string of the molecule is CCCn1cc(-c2ccc(NC(=O)N3Cc4ccccc4C3)c(F)c2)cn1. The van der Waals surface area contributed by atoms with E-state index in [0.717, 1.165) is 35.2 Å². The predicted molar refractivity (Wildman–Crippen MR) is 103 cm³/mol. The number of aromatic nitrogens is 2. The number of rotatable bonds is 4. The van der Waals surface area contributed by atoms with E-state index in [2.05, 4.69) is 17.3 Å². The van der Waals surface area contributed by atoms with Crippen molar-refractivity contribution in [2.75, 3.05) is 5.32 Å². The molecule has 0 fully saturated rings. The van der Waals surface area contributed by atoms with Crippen molar-refractivity contribution < 1.29 is 9.18 Å². The zero-order chi connectivity index (χ0) is 18.8. The number of urea groups is 1. The van der Waals surface area contributed by atoms with Gasteiger partial charge in [0, 0.05) is 31.4 Å². The number of anilines is 1. The van der Waals surface area contributed by atoms with Crippen LogP contribution in [0.4, 0.5) is 14.9 Å². The van der Waals surface area contributed by atoms with Crippen LogP contribution in [0.2, 0.25) is 0 Å². The first kappa shape index (κ1) is 17.3. The van der Waals surface area contributed by atoms with E-state index in [-0.39, 0.29) is 11.7 Å². The molecule has 0 unspecified atom stereocenters. The summed E-state index contributed by atoms with van der Waals surface area (Å²) in [5, 5.41) is 6.95. The number of carbonyl (C=O) groups excluding carboxylic acids is 1. The summed E-state index contributed by atoms with van der Waals surface area (Å²) in [4.78, 5) is 14.2. The number of benzene rings is 2. The molecule has 0 bridgehead atoms. The van der Waals surface area contributed by atoms with Gasteiger partial charge in [-0.05, 0) is 35.2 Å². The molecular formula is C21H21FN4O. The molecule has 138 valence electrons. The standard InChI is InChI=1S/C21H21FN4O/c1-2-9-26-14-18(11-23-26)15-7-8-20(19(22)10-15)24-21(27)25-12-16-5-3-4-6-17(16)13-25/h3-8,10-11,14H,2,9,12-13H2,1H3,(H,24,27). The number of amides is 2. The van der Waals surface area contributed by atoms with Crippen molar-refractivity contribution in [3.05, 3.63) is 71.8 Å². The molecule has 1 aliphatic heterocycles. The summed E-state index contributed by atoms with van der Waals surface area (Å²) >= 11 is 0. The van der Waals surface area contributed by atoms with Crippen molar-refractivity contribution in [2.45, 2.75) is 33.0 Å². The number of nitrogens with one attached hydrogen (secondary N) is 1. The number of nitrogens with zero attached hydrogens (tertiary/aromatic N) is 3. The highest BCUT2D eigenvalue weighted by Gasteiger charge is 2.23. The zero-order valence-corrected chi connectivity index (χ0v) is 15.2. The lowest BCUT2D eigenvalue weighted by molar-refractivity contribution is 0.212. The molecule has 0 radical (unpaired) electrons. The highest BCUT2D eigenvalue weighted by molar-refractivity contribution is 5.90. The van der Waals surface area contributed by atoms with Crippen LogP contribution in [-0.2, 0) is 19.6 Å². The van der Waals surface area contributed by atoms with Crippen molar-refractivity contribution in [2.24, 2.45) is 0 Å². The van der Waals surface area contributed by atoms with Gasteiger partial charge < -0.3 is 10.2 Å². The van der Waals surface area contributed by atoms with Crippen LogP contribution in [0.3, 0.4) is 0 Å². The van der Waals surface area contributed by atoms with E-state index in [0.29, 0.717) is 13.1 Å². The molecule has 1 aliphatic rings. The minimum Gasteiger partial charge on any atom is -0.316 e. The Hall–Kier alpha value is -3.15. The number of hydrogen-bond donors (Lipinski definition) is 1. The first-order valence-electron chi connectivity index (χ1n) is 9.09. The predicted octanol–water partition coefficient (Wildman–Crippen LogP) is 4.65. The van der Waals surface area contributed by atoms with Gasteiger partial charge in [-0.2, -0.15) is 5.10 Å². The van der Waals surface area contributed by atoms with Gasteiger partial charge >= 0.3 is 6.03 Å². The molecule has 5 nitrogen and oxygen atoms in total. The van der Waals surface area contributed by atoms with Gasteiger partial charge in [-0.3, -0.25) is 4.68 Å². The average molecular weight is 364 g/mol. The highest BCUT2D eigenvalue weighted by atomic mass is 19.1. The summed E-state index contributed by atoms with van der Waals surface area (Å²) in [6.07, 6.45) is 4.61. The Morgan fingerprint density at radius 2 is 1.89 bits per heavy atom. The number of aryl methyl sites for hydroxylation is 1. The molecule has 0 saturated heterocycles. The van der Waals surface area contributed by atoms with Gasteiger partial charge in [0.05, 0.1) is 11.9 Å². The van der Waals surface area contributed by atoms with Crippen molar-refractivity contribution in [3.8, 4) is 11.1 Å². The summed E-state index contributed by atoms with van der Waals surface area (Å²) in [5.74, 6) is -0.458. The van der Waals surface area contributed by atoms with E-state index in [4.69, 9.17) is 0 Å². The fraction of sp³-hybridized carbons (Fsp3) is 0.238. The molecule has 27 heavy (non-hydrogen) atoms. The lowest BCUT2D eigenvalue weighted by atomic mass is 10.1. The lowest BCUT2D eigenvalue weighted by Crippen LogP contribution is -2.30. The number of carbonyl (C=O) groups is 1. The van der Waals surface area contributed by atoms with Crippen LogP contribution in [0.1, 0.15) is 24.5 Å². The van der Waals surface area contributed by atoms with E-state index in [1.807, 2.05) is 35.1 Å². The Kier molecular flexibility index (Phi) is 4.62. The Morgan fingerprint density at radius 1 is 1.15 bits per heavy atom. The molecule has 2 amide bonds. The maximum absolute atomic E-state index is 14.5. The van der Waals surface area contributed by atoms with E-state index in [1.54, 1.807) is 23.2 Å². The Balaban J connectivity index is 1.46. The third-order valence-corrected chi connectivity index (χ3v) is 4.76. The van der Waals surface area contributed by atoms with Gasteiger partial charge in [0.15, 0.2) is 0 Å². The van der Waals surface area contributed by atoms with Gasteiger partial charge in [-0.15, -0.1) is 0 Å². The third kappa shape index (κ3) is 3.56. The van der Waals surface area contributed by atoms with E-state index in [9.17, 15) is 9.18 Å². The van der Waals surface area contributed by atoms with Crippen LogP contribution in [0, 0.1) is 5.82 Å². The quantitative estimate of drug-likeness (QED) is 0.733. The number of halogens is 1. The van der Waals surface area contributed by atoms with Gasteiger partial charge in [-0.1, -0.05) is 37.3 Å². The fourth-order valence-corrected chi connectivity index (χ4v) is 3.33. The highest BCUT2D eigenvalue weighted by Crippen LogP contribution is 2.26. The summed E-state index contributed by atoms with van der Waals surface area (Å²) < 4.78 is 16.4. The summed E-state index contributed by atoms with van der Waals surface area (Å²) in [7, 11) is 0. The topological polar surface area (TPSA) is 50.2 Å². The molecule has 2 heterocycles. The van der Waals surface area contributed by atoms with Gasteiger partial charge in [0.25, 0.3) is 0 Å². The second-order valence-corrected chi connectivity index (χ2v) is 6.74. The van der Waals surface area contributed by atoms with Gasteiger partial charge in [0.1, 0.15) is 5.82 Å². The smallest absolute Gasteiger partial charge is 0.316 e. The molecule has 1 aromatic heterocycles. The Labute approximate surface area is 157 Å². The maximum atomic E-state index is 14.5. The summed E-state index contributed by atoms with van der Waals surface area (Å²) in [6, 6.07) is 12.5. The van der Waals surface area contributed by atoms with Crippen LogP contribution in [0.25, 0.3) is 11.1 Å². The zero-order valence-electron chi connectivity index (χ0n) is 15.2. The molecule has 3 aromatic rings.